The van der Waals surface area contributed by atoms with Gasteiger partial charge in [-0.3, -0.25) is 9.78 Å². The van der Waals surface area contributed by atoms with Crippen molar-refractivity contribution >= 4 is 42.6 Å². The zero-order chi connectivity index (χ0) is 19.7. The molecule has 10 heteroatoms. The lowest BCUT2D eigenvalue weighted by Crippen LogP contribution is -2.40. The Morgan fingerprint density at radius 3 is 2.71 bits per heavy atom. The van der Waals surface area contributed by atoms with Crippen LogP contribution in [0.2, 0.25) is 0 Å². The van der Waals surface area contributed by atoms with Crippen molar-refractivity contribution in [3.63, 3.8) is 0 Å². The first-order valence-corrected chi connectivity index (χ1v) is 10.9. The molecule has 1 amide bonds. The van der Waals surface area contributed by atoms with E-state index in [1.807, 2.05) is 18.2 Å². The summed E-state index contributed by atoms with van der Waals surface area (Å²) in [7, 11) is -3.61. The van der Waals surface area contributed by atoms with E-state index in [0.717, 1.165) is 15.8 Å². The molecule has 1 aromatic carbocycles. The van der Waals surface area contributed by atoms with Crippen molar-refractivity contribution in [2.24, 2.45) is 0 Å². The molecule has 0 bridgehead atoms. The van der Waals surface area contributed by atoms with Gasteiger partial charge in [0.1, 0.15) is 4.90 Å². The van der Waals surface area contributed by atoms with E-state index < -0.39 is 10.0 Å². The van der Waals surface area contributed by atoms with Crippen LogP contribution in [0.3, 0.4) is 0 Å². The van der Waals surface area contributed by atoms with Crippen LogP contribution in [0.5, 0.6) is 0 Å². The van der Waals surface area contributed by atoms with Crippen LogP contribution in [0.25, 0.3) is 21.3 Å². The predicted octanol–water partition coefficient (Wildman–Crippen LogP) is 2.34. The van der Waals surface area contributed by atoms with E-state index in [9.17, 15) is 13.2 Å². The number of hydrogen-bond acceptors (Lipinski definition) is 7. The fourth-order valence-electron chi connectivity index (χ4n) is 2.96. The molecule has 0 radical (unpaired) electrons. The first-order chi connectivity index (χ1) is 13.4. The van der Waals surface area contributed by atoms with Crippen molar-refractivity contribution in [1.82, 2.24) is 14.3 Å². The minimum atomic E-state index is -3.61. The van der Waals surface area contributed by atoms with Gasteiger partial charge in [-0.25, -0.2) is 13.4 Å². The van der Waals surface area contributed by atoms with E-state index in [2.05, 4.69) is 15.3 Å². The molecular weight excluding hydrogens is 400 g/mol. The van der Waals surface area contributed by atoms with Crippen molar-refractivity contribution in [3.05, 3.63) is 36.7 Å². The number of carbonyl (C=O) groups is 1. The molecule has 3 aromatic rings. The second kappa shape index (κ2) is 7.55. The second-order valence-electron chi connectivity index (χ2n) is 6.31. The second-order valence-corrected chi connectivity index (χ2v) is 9.28. The predicted molar refractivity (Wildman–Crippen MR) is 107 cm³/mol. The van der Waals surface area contributed by atoms with Gasteiger partial charge in [-0.05, 0) is 23.8 Å². The monoisotopic (exact) mass is 418 g/mol. The van der Waals surface area contributed by atoms with E-state index in [-0.39, 0.29) is 10.8 Å². The average molecular weight is 419 g/mol. The van der Waals surface area contributed by atoms with E-state index in [4.69, 9.17) is 4.74 Å². The zero-order valence-electron chi connectivity index (χ0n) is 15.1. The number of carbonyl (C=O) groups excluding carboxylic acids is 1. The lowest BCUT2D eigenvalue weighted by atomic mass is 10.1. The third kappa shape index (κ3) is 3.76. The highest BCUT2D eigenvalue weighted by atomic mass is 32.2. The van der Waals surface area contributed by atoms with Gasteiger partial charge in [0.15, 0.2) is 5.13 Å². The highest BCUT2D eigenvalue weighted by molar-refractivity contribution is 7.89. The molecule has 1 aliphatic heterocycles. The molecule has 4 rings (SSSR count). The first kappa shape index (κ1) is 18.9. The smallest absolute Gasteiger partial charge is 0.244 e. The summed E-state index contributed by atoms with van der Waals surface area (Å²) in [6.45, 7) is 2.90. The summed E-state index contributed by atoms with van der Waals surface area (Å²) < 4.78 is 33.3. The highest BCUT2D eigenvalue weighted by Gasteiger charge is 2.26. The Balaban J connectivity index is 1.68. The number of ether oxygens (including phenoxy) is 1. The van der Waals surface area contributed by atoms with Crippen molar-refractivity contribution in [2.75, 3.05) is 31.6 Å². The van der Waals surface area contributed by atoms with Crippen LogP contribution in [0.4, 0.5) is 5.13 Å². The van der Waals surface area contributed by atoms with Crippen molar-refractivity contribution in [3.8, 4) is 11.1 Å². The average Bonchev–Trinajstić information content (AvgIpc) is 3.09. The number of fused-ring (bicyclic) bond motifs is 1. The lowest BCUT2D eigenvalue weighted by Gasteiger charge is -2.26. The summed E-state index contributed by atoms with van der Waals surface area (Å²) in [6.07, 6.45) is 3.00. The summed E-state index contributed by atoms with van der Waals surface area (Å²) >= 11 is 1.36. The van der Waals surface area contributed by atoms with Gasteiger partial charge in [0.05, 0.1) is 23.4 Å². The summed E-state index contributed by atoms with van der Waals surface area (Å²) in [4.78, 5) is 19.9. The molecule has 1 saturated heterocycles. The Morgan fingerprint density at radius 2 is 1.96 bits per heavy atom. The Morgan fingerprint density at radius 1 is 1.18 bits per heavy atom. The number of rotatable bonds is 4. The Labute approximate surface area is 166 Å². The quantitative estimate of drug-likeness (QED) is 0.698. The zero-order valence-corrected chi connectivity index (χ0v) is 16.7. The minimum Gasteiger partial charge on any atom is -0.379 e. The number of pyridine rings is 1. The van der Waals surface area contributed by atoms with Crippen molar-refractivity contribution in [2.45, 2.75) is 11.8 Å². The van der Waals surface area contributed by atoms with Gasteiger partial charge >= 0.3 is 0 Å². The first-order valence-electron chi connectivity index (χ1n) is 8.65. The van der Waals surface area contributed by atoms with Crippen LogP contribution in [0, 0.1) is 0 Å². The van der Waals surface area contributed by atoms with Crippen LogP contribution in [-0.4, -0.2) is 54.9 Å². The Kier molecular flexibility index (Phi) is 5.11. The minimum absolute atomic E-state index is 0.162. The van der Waals surface area contributed by atoms with E-state index >= 15 is 0 Å². The SMILES string of the molecule is CC(=O)Nc1nc2ccc(-c3cncc(S(=O)(=O)N4CCOCC4)c3)cc2s1. The topological polar surface area (TPSA) is 101 Å². The molecule has 28 heavy (non-hydrogen) atoms. The molecule has 2 aromatic heterocycles. The number of sulfonamides is 1. The number of anilines is 1. The summed E-state index contributed by atoms with van der Waals surface area (Å²) in [5, 5.41) is 3.21. The molecule has 1 fully saturated rings. The van der Waals surface area contributed by atoms with Gasteiger partial charge in [-0.15, -0.1) is 0 Å². The van der Waals surface area contributed by atoms with Gasteiger partial charge in [0.2, 0.25) is 15.9 Å². The molecule has 146 valence electrons. The maximum Gasteiger partial charge on any atom is 0.244 e. The molecule has 0 spiro atoms. The van der Waals surface area contributed by atoms with E-state index in [0.29, 0.717) is 37.0 Å². The van der Waals surface area contributed by atoms with Crippen molar-refractivity contribution in [1.29, 1.82) is 0 Å². The molecule has 0 aliphatic carbocycles. The molecule has 0 unspecified atom stereocenters. The number of nitrogens with zero attached hydrogens (tertiary/aromatic N) is 3. The molecule has 0 saturated carbocycles. The standard InChI is InChI=1S/C18H18N4O4S2/c1-12(23)20-18-21-16-3-2-13(9-17(16)27-18)14-8-15(11-19-10-14)28(24,25)22-4-6-26-7-5-22/h2-3,8-11H,4-7H2,1H3,(H,20,21,23). The fourth-order valence-corrected chi connectivity index (χ4v) is 5.31. The van der Waals surface area contributed by atoms with Gasteiger partial charge < -0.3 is 10.1 Å². The van der Waals surface area contributed by atoms with Crippen LogP contribution in [-0.2, 0) is 19.6 Å². The fraction of sp³-hybridized carbons (Fsp3) is 0.278. The lowest BCUT2D eigenvalue weighted by molar-refractivity contribution is -0.114. The van der Waals surface area contributed by atoms with Gasteiger partial charge in [-0.2, -0.15) is 4.31 Å². The number of thiazole rings is 1. The van der Waals surface area contributed by atoms with Gasteiger partial charge in [-0.1, -0.05) is 17.4 Å². The number of morpholine rings is 1. The largest absolute Gasteiger partial charge is 0.379 e. The number of benzene rings is 1. The van der Waals surface area contributed by atoms with Gasteiger partial charge in [0.25, 0.3) is 0 Å². The van der Waals surface area contributed by atoms with E-state index in [1.165, 1.54) is 28.8 Å². The number of hydrogen-bond donors (Lipinski definition) is 1. The van der Waals surface area contributed by atoms with E-state index in [1.54, 1.807) is 12.3 Å². The van der Waals surface area contributed by atoms with Crippen LogP contribution in [0.15, 0.2) is 41.6 Å². The molecule has 1 aliphatic rings. The Hall–Kier alpha value is -2.40. The normalized spacial score (nSPS) is 15.6. The third-order valence-electron chi connectivity index (χ3n) is 4.33. The maximum absolute atomic E-state index is 12.9. The summed E-state index contributed by atoms with van der Waals surface area (Å²) in [5.41, 5.74) is 2.30. The number of aromatic nitrogens is 2. The van der Waals surface area contributed by atoms with Crippen LogP contribution in [0.1, 0.15) is 6.92 Å². The molecular formula is C18H18N4O4S2. The van der Waals surface area contributed by atoms with Gasteiger partial charge in [0, 0.05) is 38.0 Å². The van der Waals surface area contributed by atoms with Crippen LogP contribution >= 0.6 is 11.3 Å². The summed E-state index contributed by atoms with van der Waals surface area (Å²) in [5.74, 6) is -0.176. The third-order valence-corrected chi connectivity index (χ3v) is 7.12. The molecule has 0 atom stereocenters. The summed E-state index contributed by atoms with van der Waals surface area (Å²) in [6, 6.07) is 7.26. The number of nitrogens with one attached hydrogen (secondary N) is 1. The van der Waals surface area contributed by atoms with Crippen LogP contribution < -0.4 is 5.32 Å². The highest BCUT2D eigenvalue weighted by Crippen LogP contribution is 2.31. The van der Waals surface area contributed by atoms with Crippen molar-refractivity contribution < 1.29 is 17.9 Å². The molecule has 8 nitrogen and oxygen atoms in total. The number of amides is 1. The molecule has 1 N–H and O–H groups in total. The Bertz CT molecular complexity index is 1140. The maximum atomic E-state index is 12.9. The molecule has 3 heterocycles.